The maximum Gasteiger partial charge on any atom is 0.434 e. The lowest BCUT2D eigenvalue weighted by Crippen LogP contribution is -2.43. The van der Waals surface area contributed by atoms with Crippen molar-refractivity contribution >= 4 is 5.91 Å². The summed E-state index contributed by atoms with van der Waals surface area (Å²) in [5.41, 5.74) is -0.160. The molecule has 2 saturated heterocycles. The fourth-order valence-electron chi connectivity index (χ4n) is 4.11. The molecule has 0 saturated carbocycles. The minimum absolute atomic E-state index is 0.0127. The Morgan fingerprint density at radius 2 is 1.85 bits per heavy atom. The number of aryl methyl sites for hydroxylation is 1. The first-order chi connectivity index (χ1) is 12.9. The summed E-state index contributed by atoms with van der Waals surface area (Å²) in [6, 6.07) is 6.52. The van der Waals surface area contributed by atoms with Crippen LogP contribution in [0.3, 0.4) is 0 Å². The molecule has 2 aliphatic rings. The molecule has 2 aliphatic heterocycles. The third kappa shape index (κ3) is 3.22. The molecule has 0 aliphatic carbocycles. The van der Waals surface area contributed by atoms with E-state index in [9.17, 15) is 18.0 Å². The van der Waals surface area contributed by atoms with Gasteiger partial charge in [-0.2, -0.15) is 18.3 Å². The van der Waals surface area contributed by atoms with E-state index >= 15 is 0 Å². The van der Waals surface area contributed by atoms with Crippen molar-refractivity contribution in [3.05, 3.63) is 47.3 Å². The molecule has 144 valence electrons. The van der Waals surface area contributed by atoms with E-state index in [1.54, 1.807) is 29.2 Å². The molecule has 1 aromatic heterocycles. The van der Waals surface area contributed by atoms with E-state index in [2.05, 4.69) is 10.4 Å². The Kier molecular flexibility index (Phi) is 4.46. The standard InChI is InChI=1S/C19H21F3N4O/c1-12-2-4-14(5-3-12)26-17(19(20,21)22)16(11-24-26)18(27)25-13-6-7-15(25)10-23-9-8-13/h2-5,11,13,15,23H,6-10H2,1H3. The molecule has 4 rings (SSSR count). The lowest BCUT2D eigenvalue weighted by Gasteiger charge is -2.28. The maximum atomic E-state index is 13.9. The van der Waals surface area contributed by atoms with Crippen LogP contribution in [0.15, 0.2) is 30.5 Å². The Labute approximate surface area is 155 Å². The van der Waals surface area contributed by atoms with Crippen molar-refractivity contribution in [1.82, 2.24) is 20.0 Å². The van der Waals surface area contributed by atoms with Crippen molar-refractivity contribution in [2.24, 2.45) is 0 Å². The molecule has 3 heterocycles. The number of rotatable bonds is 2. The predicted octanol–water partition coefficient (Wildman–Crippen LogP) is 3.17. The van der Waals surface area contributed by atoms with Crippen LogP contribution in [0.2, 0.25) is 0 Å². The zero-order valence-corrected chi connectivity index (χ0v) is 15.0. The van der Waals surface area contributed by atoms with Gasteiger partial charge in [0.15, 0.2) is 5.69 Å². The summed E-state index contributed by atoms with van der Waals surface area (Å²) in [7, 11) is 0. The van der Waals surface area contributed by atoms with Crippen LogP contribution in [0, 0.1) is 6.92 Å². The molecular formula is C19H21F3N4O. The number of alkyl halides is 3. The summed E-state index contributed by atoms with van der Waals surface area (Å²) in [5, 5.41) is 7.19. The summed E-state index contributed by atoms with van der Waals surface area (Å²) in [5.74, 6) is -0.572. The van der Waals surface area contributed by atoms with E-state index in [1.165, 1.54) is 0 Å². The number of carbonyl (C=O) groups excluding carboxylic acids is 1. The Bertz CT molecular complexity index is 830. The predicted molar refractivity (Wildman–Crippen MR) is 93.8 cm³/mol. The molecule has 2 fully saturated rings. The smallest absolute Gasteiger partial charge is 0.331 e. The van der Waals surface area contributed by atoms with Gasteiger partial charge < -0.3 is 10.2 Å². The fraction of sp³-hybridized carbons (Fsp3) is 0.474. The Hall–Kier alpha value is -2.35. The zero-order chi connectivity index (χ0) is 19.2. The van der Waals surface area contributed by atoms with Crippen molar-refractivity contribution in [1.29, 1.82) is 0 Å². The Morgan fingerprint density at radius 1 is 1.15 bits per heavy atom. The molecular weight excluding hydrogens is 357 g/mol. The molecule has 2 bridgehead atoms. The van der Waals surface area contributed by atoms with E-state index in [-0.39, 0.29) is 23.3 Å². The molecule has 0 radical (unpaired) electrons. The van der Waals surface area contributed by atoms with Crippen molar-refractivity contribution in [2.45, 2.75) is 44.4 Å². The second-order valence-electron chi connectivity index (χ2n) is 7.24. The third-order valence-electron chi connectivity index (χ3n) is 5.44. The third-order valence-corrected chi connectivity index (χ3v) is 5.44. The van der Waals surface area contributed by atoms with Crippen molar-refractivity contribution < 1.29 is 18.0 Å². The van der Waals surface area contributed by atoms with Gasteiger partial charge in [-0.3, -0.25) is 4.79 Å². The largest absolute Gasteiger partial charge is 0.434 e. The molecule has 1 aromatic carbocycles. The van der Waals surface area contributed by atoms with Gasteiger partial charge in [0, 0.05) is 18.6 Å². The van der Waals surface area contributed by atoms with Gasteiger partial charge in [0.2, 0.25) is 0 Å². The SMILES string of the molecule is Cc1ccc(-n2ncc(C(=O)N3C4CCNCC3CC4)c2C(F)(F)F)cc1. The second kappa shape index (κ2) is 6.67. The van der Waals surface area contributed by atoms with Crippen molar-refractivity contribution in [2.75, 3.05) is 13.1 Å². The van der Waals surface area contributed by atoms with Gasteiger partial charge in [0.05, 0.1) is 17.4 Å². The monoisotopic (exact) mass is 378 g/mol. The van der Waals surface area contributed by atoms with Crippen LogP contribution in [0.25, 0.3) is 5.69 Å². The quantitative estimate of drug-likeness (QED) is 0.873. The first-order valence-electron chi connectivity index (χ1n) is 9.12. The highest BCUT2D eigenvalue weighted by Gasteiger charge is 2.45. The number of benzene rings is 1. The van der Waals surface area contributed by atoms with E-state index in [0.717, 1.165) is 42.2 Å². The average molecular weight is 378 g/mol. The summed E-state index contributed by atoms with van der Waals surface area (Å²) < 4.78 is 42.5. The van der Waals surface area contributed by atoms with Crippen LogP contribution in [-0.2, 0) is 6.18 Å². The number of carbonyl (C=O) groups is 1. The van der Waals surface area contributed by atoms with E-state index in [4.69, 9.17) is 0 Å². The van der Waals surface area contributed by atoms with E-state index < -0.39 is 17.8 Å². The first-order valence-corrected chi connectivity index (χ1v) is 9.12. The number of nitrogens with zero attached hydrogens (tertiary/aromatic N) is 3. The highest BCUT2D eigenvalue weighted by Crippen LogP contribution is 2.36. The minimum atomic E-state index is -4.68. The number of hydrogen-bond acceptors (Lipinski definition) is 3. The summed E-state index contributed by atoms with van der Waals surface area (Å²) in [6.07, 6.45) is -1.21. The Balaban J connectivity index is 1.77. The minimum Gasteiger partial charge on any atom is -0.331 e. The van der Waals surface area contributed by atoms with Gasteiger partial charge >= 0.3 is 6.18 Å². The van der Waals surface area contributed by atoms with Crippen LogP contribution in [0.5, 0.6) is 0 Å². The lowest BCUT2D eigenvalue weighted by atomic mass is 10.1. The number of nitrogens with one attached hydrogen (secondary N) is 1. The second-order valence-corrected chi connectivity index (χ2v) is 7.24. The van der Waals surface area contributed by atoms with E-state index in [1.807, 2.05) is 6.92 Å². The van der Waals surface area contributed by atoms with Gasteiger partial charge in [-0.1, -0.05) is 17.7 Å². The average Bonchev–Trinajstić information content (AvgIpc) is 3.15. The number of hydrogen-bond donors (Lipinski definition) is 1. The fourth-order valence-corrected chi connectivity index (χ4v) is 4.11. The molecule has 5 nitrogen and oxygen atoms in total. The molecule has 2 unspecified atom stereocenters. The lowest BCUT2D eigenvalue weighted by molar-refractivity contribution is -0.143. The van der Waals surface area contributed by atoms with Crippen molar-refractivity contribution in [3.8, 4) is 5.69 Å². The molecule has 1 amide bonds. The topological polar surface area (TPSA) is 50.2 Å². The number of halogens is 3. The first kappa shape index (κ1) is 18.0. The van der Waals surface area contributed by atoms with E-state index in [0.29, 0.717) is 6.54 Å². The van der Waals surface area contributed by atoms with Gasteiger partial charge in [-0.15, -0.1) is 0 Å². The highest BCUT2D eigenvalue weighted by molar-refractivity contribution is 5.96. The molecule has 27 heavy (non-hydrogen) atoms. The highest BCUT2D eigenvalue weighted by atomic mass is 19.4. The summed E-state index contributed by atoms with van der Waals surface area (Å²) >= 11 is 0. The van der Waals surface area contributed by atoms with Crippen LogP contribution >= 0.6 is 0 Å². The maximum absolute atomic E-state index is 13.9. The summed E-state index contributed by atoms with van der Waals surface area (Å²) in [4.78, 5) is 14.8. The van der Waals surface area contributed by atoms with Gasteiger partial charge in [-0.25, -0.2) is 4.68 Å². The van der Waals surface area contributed by atoms with Gasteiger partial charge in [-0.05, 0) is 44.9 Å². The molecule has 1 N–H and O–H groups in total. The molecule has 8 heteroatoms. The number of amides is 1. The van der Waals surface area contributed by atoms with Crippen LogP contribution in [0.1, 0.15) is 40.9 Å². The van der Waals surface area contributed by atoms with Crippen LogP contribution in [0.4, 0.5) is 13.2 Å². The zero-order valence-electron chi connectivity index (χ0n) is 15.0. The molecule has 0 spiro atoms. The van der Waals surface area contributed by atoms with Crippen LogP contribution < -0.4 is 5.32 Å². The Morgan fingerprint density at radius 3 is 2.56 bits per heavy atom. The number of fused-ring (bicyclic) bond motifs is 2. The van der Waals surface area contributed by atoms with Gasteiger partial charge in [0.1, 0.15) is 0 Å². The van der Waals surface area contributed by atoms with Crippen LogP contribution in [-0.4, -0.2) is 45.8 Å². The molecule has 2 aromatic rings. The van der Waals surface area contributed by atoms with Crippen molar-refractivity contribution in [3.63, 3.8) is 0 Å². The number of aromatic nitrogens is 2. The molecule has 2 atom stereocenters. The summed E-state index contributed by atoms with van der Waals surface area (Å²) in [6.45, 7) is 3.25. The van der Waals surface area contributed by atoms with Gasteiger partial charge in [0.25, 0.3) is 5.91 Å². The normalized spacial score (nSPS) is 22.7.